The lowest BCUT2D eigenvalue weighted by Crippen LogP contribution is -2.26. The molecule has 1 atom stereocenters. The van der Waals surface area contributed by atoms with E-state index in [0.29, 0.717) is 17.8 Å². The SMILES string of the molecule is CC(C)c1cnc(CN2CCCC(Nc3ccc(N)nc3)CC2)s1. The molecular weight excluding hydrogens is 318 g/mol. The Hall–Kier alpha value is -1.66. The Labute approximate surface area is 148 Å². The highest BCUT2D eigenvalue weighted by atomic mass is 32.1. The highest BCUT2D eigenvalue weighted by molar-refractivity contribution is 7.11. The Morgan fingerprint density at radius 3 is 2.83 bits per heavy atom. The molecule has 3 N–H and O–H groups in total. The molecule has 1 aliphatic heterocycles. The zero-order valence-electron chi connectivity index (χ0n) is 14.5. The van der Waals surface area contributed by atoms with Crippen LogP contribution in [0.1, 0.15) is 48.9 Å². The molecule has 0 saturated carbocycles. The van der Waals surface area contributed by atoms with Crippen LogP contribution in [0.25, 0.3) is 0 Å². The van der Waals surface area contributed by atoms with Crippen LogP contribution >= 0.6 is 11.3 Å². The monoisotopic (exact) mass is 345 g/mol. The number of nitrogens with one attached hydrogen (secondary N) is 1. The molecule has 1 saturated heterocycles. The van der Waals surface area contributed by atoms with E-state index in [1.54, 1.807) is 0 Å². The van der Waals surface area contributed by atoms with Gasteiger partial charge in [0.15, 0.2) is 0 Å². The van der Waals surface area contributed by atoms with Crippen LogP contribution in [-0.4, -0.2) is 34.0 Å². The Balaban J connectivity index is 1.51. The van der Waals surface area contributed by atoms with Crippen molar-refractivity contribution in [1.29, 1.82) is 0 Å². The molecule has 0 spiro atoms. The number of thiazole rings is 1. The number of hydrogen-bond acceptors (Lipinski definition) is 6. The summed E-state index contributed by atoms with van der Waals surface area (Å²) in [6.07, 6.45) is 7.41. The van der Waals surface area contributed by atoms with Crippen molar-refractivity contribution in [1.82, 2.24) is 14.9 Å². The molecule has 5 nitrogen and oxygen atoms in total. The minimum Gasteiger partial charge on any atom is -0.384 e. The normalized spacial score (nSPS) is 19.4. The fourth-order valence-electron chi connectivity index (χ4n) is 3.04. The van der Waals surface area contributed by atoms with Gasteiger partial charge in [-0.05, 0) is 43.9 Å². The van der Waals surface area contributed by atoms with Gasteiger partial charge in [-0.3, -0.25) is 4.90 Å². The van der Waals surface area contributed by atoms with Crippen LogP contribution < -0.4 is 11.1 Å². The van der Waals surface area contributed by atoms with Crippen LogP contribution in [0.3, 0.4) is 0 Å². The Bertz CT molecular complexity index is 637. The second-order valence-corrected chi connectivity index (χ2v) is 7.98. The minimum absolute atomic E-state index is 0.503. The number of aromatic nitrogens is 2. The predicted molar refractivity (Wildman–Crippen MR) is 101 cm³/mol. The van der Waals surface area contributed by atoms with Crippen molar-refractivity contribution in [2.75, 3.05) is 24.1 Å². The molecule has 2 aromatic rings. The molecule has 3 heterocycles. The molecular formula is C18H27N5S. The molecule has 0 aliphatic carbocycles. The molecule has 1 aliphatic rings. The van der Waals surface area contributed by atoms with Crippen LogP contribution in [0.4, 0.5) is 11.5 Å². The van der Waals surface area contributed by atoms with Crippen LogP contribution in [0.5, 0.6) is 0 Å². The second kappa shape index (κ2) is 7.94. The summed E-state index contributed by atoms with van der Waals surface area (Å²) >= 11 is 1.86. The van der Waals surface area contributed by atoms with Crippen molar-refractivity contribution in [2.45, 2.75) is 51.6 Å². The van der Waals surface area contributed by atoms with E-state index in [-0.39, 0.29) is 0 Å². The van der Waals surface area contributed by atoms with Crippen molar-refractivity contribution >= 4 is 22.8 Å². The van der Waals surface area contributed by atoms with Gasteiger partial charge in [0.05, 0.1) is 18.4 Å². The molecule has 1 unspecified atom stereocenters. The van der Waals surface area contributed by atoms with Gasteiger partial charge in [0.2, 0.25) is 0 Å². The largest absolute Gasteiger partial charge is 0.384 e. The summed E-state index contributed by atoms with van der Waals surface area (Å²) in [5.74, 6) is 1.14. The number of nitrogens with zero attached hydrogens (tertiary/aromatic N) is 3. The quantitative estimate of drug-likeness (QED) is 0.865. The topological polar surface area (TPSA) is 67.1 Å². The summed E-state index contributed by atoms with van der Waals surface area (Å²) in [4.78, 5) is 12.7. The average molecular weight is 346 g/mol. The van der Waals surface area contributed by atoms with E-state index in [9.17, 15) is 0 Å². The van der Waals surface area contributed by atoms with Crippen molar-refractivity contribution in [2.24, 2.45) is 0 Å². The van der Waals surface area contributed by atoms with E-state index in [0.717, 1.165) is 31.7 Å². The molecule has 0 amide bonds. The Morgan fingerprint density at radius 1 is 1.25 bits per heavy atom. The Morgan fingerprint density at radius 2 is 2.12 bits per heavy atom. The highest BCUT2D eigenvalue weighted by Crippen LogP contribution is 2.24. The summed E-state index contributed by atoms with van der Waals surface area (Å²) in [7, 11) is 0. The van der Waals surface area contributed by atoms with Crippen LogP contribution in [0, 0.1) is 0 Å². The molecule has 130 valence electrons. The molecule has 6 heteroatoms. The summed E-state index contributed by atoms with van der Waals surface area (Å²) in [6.45, 7) is 7.69. The third kappa shape index (κ3) is 4.68. The van der Waals surface area contributed by atoms with Gasteiger partial charge in [-0.2, -0.15) is 0 Å². The maximum atomic E-state index is 5.65. The molecule has 24 heavy (non-hydrogen) atoms. The summed E-state index contributed by atoms with van der Waals surface area (Å²) < 4.78 is 0. The first-order valence-corrected chi connectivity index (χ1v) is 9.57. The molecule has 1 fully saturated rings. The van der Waals surface area contributed by atoms with E-state index < -0.39 is 0 Å². The Kier molecular flexibility index (Phi) is 5.68. The van der Waals surface area contributed by atoms with Crippen molar-refractivity contribution in [3.8, 4) is 0 Å². The highest BCUT2D eigenvalue weighted by Gasteiger charge is 2.18. The van der Waals surface area contributed by atoms with E-state index >= 15 is 0 Å². The fraction of sp³-hybridized carbons (Fsp3) is 0.556. The molecule has 0 aromatic carbocycles. The molecule has 0 radical (unpaired) electrons. The lowest BCUT2D eigenvalue weighted by atomic mass is 10.1. The van der Waals surface area contributed by atoms with Gasteiger partial charge in [-0.25, -0.2) is 9.97 Å². The summed E-state index contributed by atoms with van der Waals surface area (Å²) in [6, 6.07) is 4.36. The number of nitrogen functional groups attached to an aromatic ring is 1. The van der Waals surface area contributed by atoms with Gasteiger partial charge < -0.3 is 11.1 Å². The molecule has 0 bridgehead atoms. The van der Waals surface area contributed by atoms with Crippen LogP contribution in [-0.2, 0) is 6.54 Å². The summed E-state index contributed by atoms with van der Waals surface area (Å²) in [5, 5.41) is 4.84. The van der Waals surface area contributed by atoms with Gasteiger partial charge >= 0.3 is 0 Å². The first-order chi connectivity index (χ1) is 11.6. The van der Waals surface area contributed by atoms with E-state index in [1.165, 1.54) is 22.7 Å². The number of pyridine rings is 1. The average Bonchev–Trinajstić information content (AvgIpc) is 2.92. The van der Waals surface area contributed by atoms with Crippen molar-refractivity contribution in [3.05, 3.63) is 34.4 Å². The maximum absolute atomic E-state index is 5.65. The van der Waals surface area contributed by atoms with E-state index in [4.69, 9.17) is 5.73 Å². The first kappa shape index (κ1) is 17.2. The van der Waals surface area contributed by atoms with Crippen LogP contribution in [0.2, 0.25) is 0 Å². The van der Waals surface area contributed by atoms with E-state index in [1.807, 2.05) is 35.9 Å². The molecule has 2 aromatic heterocycles. The van der Waals surface area contributed by atoms with Gasteiger partial charge in [-0.1, -0.05) is 13.8 Å². The zero-order valence-corrected chi connectivity index (χ0v) is 15.4. The number of anilines is 2. The van der Waals surface area contributed by atoms with Gasteiger partial charge in [0.1, 0.15) is 10.8 Å². The number of hydrogen-bond donors (Lipinski definition) is 2. The lowest BCUT2D eigenvalue weighted by molar-refractivity contribution is 0.276. The maximum Gasteiger partial charge on any atom is 0.123 e. The standard InChI is InChI=1S/C18H27N5S/c1-13(2)16-11-21-18(24-16)12-23-8-3-4-14(7-9-23)22-15-5-6-17(19)20-10-15/h5-6,10-11,13-14,22H,3-4,7-9,12H2,1-2H3,(H2,19,20). The fourth-order valence-corrected chi connectivity index (χ4v) is 4.01. The number of rotatable bonds is 5. The smallest absolute Gasteiger partial charge is 0.123 e. The number of nitrogens with two attached hydrogens (primary N) is 1. The van der Waals surface area contributed by atoms with Gasteiger partial charge in [0.25, 0.3) is 0 Å². The second-order valence-electron chi connectivity index (χ2n) is 6.83. The third-order valence-corrected chi connectivity index (χ3v) is 5.76. The van der Waals surface area contributed by atoms with E-state index in [2.05, 4.69) is 34.0 Å². The molecule has 3 rings (SSSR count). The number of likely N-dealkylation sites (tertiary alicyclic amines) is 1. The van der Waals surface area contributed by atoms with Gasteiger partial charge in [0, 0.05) is 23.7 Å². The first-order valence-electron chi connectivity index (χ1n) is 8.75. The third-order valence-electron chi connectivity index (χ3n) is 4.48. The van der Waals surface area contributed by atoms with Crippen molar-refractivity contribution in [3.63, 3.8) is 0 Å². The van der Waals surface area contributed by atoms with Crippen LogP contribution in [0.15, 0.2) is 24.5 Å². The summed E-state index contributed by atoms with van der Waals surface area (Å²) in [5.41, 5.74) is 6.71. The van der Waals surface area contributed by atoms with Crippen molar-refractivity contribution < 1.29 is 0 Å². The zero-order chi connectivity index (χ0) is 16.9. The van der Waals surface area contributed by atoms with Gasteiger partial charge in [-0.15, -0.1) is 11.3 Å². The predicted octanol–water partition coefficient (Wildman–Crippen LogP) is 3.71. The lowest BCUT2D eigenvalue weighted by Gasteiger charge is -2.19. The minimum atomic E-state index is 0.503.